The third-order valence-electron chi connectivity index (χ3n) is 2.72. The van der Waals surface area contributed by atoms with Crippen molar-refractivity contribution in [3.8, 4) is 0 Å². The lowest BCUT2D eigenvalue weighted by atomic mass is 10.1. The Kier molecular flexibility index (Phi) is 3.24. The fourth-order valence-electron chi connectivity index (χ4n) is 1.71. The number of hydrogen-bond acceptors (Lipinski definition) is 3. The number of aryl methyl sites for hydroxylation is 2. The molecule has 2 aromatic rings. The maximum atomic E-state index is 12.1. The first kappa shape index (κ1) is 11.8. The Morgan fingerprint density at radius 2 is 2.00 bits per heavy atom. The lowest BCUT2D eigenvalue weighted by Crippen LogP contribution is -2.21. The minimum Gasteiger partial charge on any atom is -0.296 e. The molecule has 0 aliphatic rings. The van der Waals surface area contributed by atoms with E-state index in [1.54, 1.807) is 11.4 Å². The van der Waals surface area contributed by atoms with E-state index < -0.39 is 0 Å². The Balaban J connectivity index is 2.30. The predicted molar refractivity (Wildman–Crippen MR) is 68.8 cm³/mol. The van der Waals surface area contributed by atoms with E-state index in [2.05, 4.69) is 0 Å². The topological polar surface area (TPSA) is 39.1 Å². The number of thiazole rings is 1. The van der Waals surface area contributed by atoms with Gasteiger partial charge in [-0.15, -0.1) is 0 Å². The summed E-state index contributed by atoms with van der Waals surface area (Å²) in [5, 5.41) is 1.77. The van der Waals surface area contributed by atoms with E-state index >= 15 is 0 Å². The fraction of sp³-hybridized carbons (Fsp3) is 0.231. The summed E-state index contributed by atoms with van der Waals surface area (Å²) in [6, 6.07) is 7.43. The van der Waals surface area contributed by atoms with Crippen LogP contribution in [0.3, 0.4) is 0 Å². The summed E-state index contributed by atoms with van der Waals surface area (Å²) < 4.78 is 1.51. The molecule has 4 heteroatoms. The summed E-state index contributed by atoms with van der Waals surface area (Å²) >= 11 is 1.13. The van der Waals surface area contributed by atoms with Gasteiger partial charge in [-0.25, -0.2) is 0 Å². The molecule has 0 atom stereocenters. The largest absolute Gasteiger partial charge is 0.307 e. The van der Waals surface area contributed by atoms with E-state index in [9.17, 15) is 9.59 Å². The molecule has 0 aliphatic heterocycles. The third-order valence-corrected chi connectivity index (χ3v) is 3.60. The molecule has 1 aromatic carbocycles. The second-order valence-electron chi connectivity index (χ2n) is 3.97. The number of rotatable bonds is 3. The highest BCUT2D eigenvalue weighted by Gasteiger charge is 2.12. The summed E-state index contributed by atoms with van der Waals surface area (Å²) in [7, 11) is 0. The number of hydrogen-bond donors (Lipinski definition) is 0. The van der Waals surface area contributed by atoms with E-state index in [1.807, 2.05) is 32.0 Å². The van der Waals surface area contributed by atoms with Crippen LogP contribution >= 0.6 is 11.3 Å². The van der Waals surface area contributed by atoms with Crippen LogP contribution in [0.5, 0.6) is 0 Å². The molecular weight excluding hydrogens is 234 g/mol. The van der Waals surface area contributed by atoms with Crippen molar-refractivity contribution in [2.75, 3.05) is 0 Å². The quantitative estimate of drug-likeness (QED) is 0.781. The van der Waals surface area contributed by atoms with Gasteiger partial charge in [-0.05, 0) is 19.4 Å². The monoisotopic (exact) mass is 247 g/mol. The first-order valence-electron chi connectivity index (χ1n) is 5.33. The van der Waals surface area contributed by atoms with Gasteiger partial charge in [-0.1, -0.05) is 35.6 Å². The van der Waals surface area contributed by atoms with Crippen LogP contribution in [0.4, 0.5) is 0 Å². The standard InChI is InChI=1S/C13H13NO2S/c1-9-5-3-4-6-11(9)12(15)7-14-10(2)8-17-13(14)16/h3-6,8H,7H2,1-2H3. The Morgan fingerprint density at radius 1 is 1.29 bits per heavy atom. The van der Waals surface area contributed by atoms with E-state index in [4.69, 9.17) is 0 Å². The third kappa shape index (κ3) is 2.36. The molecule has 0 amide bonds. The molecule has 3 nitrogen and oxygen atoms in total. The van der Waals surface area contributed by atoms with Gasteiger partial charge in [-0.3, -0.25) is 14.2 Å². The number of benzene rings is 1. The van der Waals surface area contributed by atoms with Crippen molar-refractivity contribution in [2.45, 2.75) is 20.4 Å². The van der Waals surface area contributed by atoms with Crippen molar-refractivity contribution in [1.29, 1.82) is 0 Å². The molecule has 1 aromatic heterocycles. The smallest absolute Gasteiger partial charge is 0.296 e. The molecular formula is C13H13NO2S. The molecule has 0 saturated carbocycles. The first-order chi connectivity index (χ1) is 8.09. The van der Waals surface area contributed by atoms with Crippen molar-refractivity contribution in [1.82, 2.24) is 4.57 Å². The average molecular weight is 247 g/mol. The zero-order valence-corrected chi connectivity index (χ0v) is 10.6. The predicted octanol–water partition coefficient (Wildman–Crippen LogP) is 2.41. The first-order valence-corrected chi connectivity index (χ1v) is 6.21. The summed E-state index contributed by atoms with van der Waals surface area (Å²) in [4.78, 5) is 23.5. The van der Waals surface area contributed by atoms with Crippen LogP contribution in [0.15, 0.2) is 34.4 Å². The highest BCUT2D eigenvalue weighted by molar-refractivity contribution is 7.07. The number of carbonyl (C=O) groups excluding carboxylic acids is 1. The molecule has 0 unspecified atom stereocenters. The van der Waals surface area contributed by atoms with Gasteiger partial charge in [0.25, 0.3) is 0 Å². The van der Waals surface area contributed by atoms with Gasteiger partial charge in [0, 0.05) is 16.6 Å². The number of Topliss-reactive ketones (excluding diaryl/α,β-unsaturated/α-hetero) is 1. The zero-order chi connectivity index (χ0) is 12.4. The SMILES string of the molecule is Cc1ccccc1C(=O)Cn1c(C)csc1=O. The molecule has 1 heterocycles. The Hall–Kier alpha value is -1.68. The highest BCUT2D eigenvalue weighted by Crippen LogP contribution is 2.10. The average Bonchev–Trinajstić information content (AvgIpc) is 2.61. The summed E-state index contributed by atoms with van der Waals surface area (Å²) in [5.41, 5.74) is 2.46. The highest BCUT2D eigenvalue weighted by atomic mass is 32.1. The molecule has 2 rings (SSSR count). The normalized spacial score (nSPS) is 10.5. The summed E-state index contributed by atoms with van der Waals surface area (Å²) in [6.45, 7) is 3.86. The van der Waals surface area contributed by atoms with Gasteiger partial charge >= 0.3 is 4.87 Å². The van der Waals surface area contributed by atoms with Crippen molar-refractivity contribution < 1.29 is 4.79 Å². The molecule has 0 spiro atoms. The Bertz CT molecular complexity index is 610. The van der Waals surface area contributed by atoms with Crippen LogP contribution < -0.4 is 4.87 Å². The molecule has 88 valence electrons. The lowest BCUT2D eigenvalue weighted by molar-refractivity contribution is 0.0970. The molecule has 0 N–H and O–H groups in total. The maximum absolute atomic E-state index is 12.1. The molecule has 0 fully saturated rings. The second-order valence-corrected chi connectivity index (χ2v) is 4.79. The number of aromatic nitrogens is 1. The van der Waals surface area contributed by atoms with Crippen LogP contribution in [0.2, 0.25) is 0 Å². The van der Waals surface area contributed by atoms with E-state index in [1.165, 1.54) is 4.57 Å². The number of carbonyl (C=O) groups is 1. The van der Waals surface area contributed by atoms with Crippen molar-refractivity contribution in [2.24, 2.45) is 0 Å². The van der Waals surface area contributed by atoms with Crippen LogP contribution in [-0.4, -0.2) is 10.4 Å². The molecule has 0 aliphatic carbocycles. The lowest BCUT2D eigenvalue weighted by Gasteiger charge is -2.06. The molecule has 0 bridgehead atoms. The fourth-order valence-corrected chi connectivity index (χ4v) is 2.45. The Morgan fingerprint density at radius 3 is 2.59 bits per heavy atom. The number of nitrogens with zero attached hydrogens (tertiary/aromatic N) is 1. The maximum Gasteiger partial charge on any atom is 0.307 e. The Labute approximate surface area is 103 Å². The summed E-state index contributed by atoms with van der Waals surface area (Å²) in [6.07, 6.45) is 0. The van der Waals surface area contributed by atoms with Gasteiger partial charge < -0.3 is 0 Å². The molecule has 17 heavy (non-hydrogen) atoms. The summed E-state index contributed by atoms with van der Waals surface area (Å²) in [5.74, 6) is -0.0216. The van der Waals surface area contributed by atoms with Gasteiger partial charge in [0.15, 0.2) is 5.78 Å². The van der Waals surface area contributed by atoms with Gasteiger partial charge in [0.2, 0.25) is 0 Å². The molecule has 0 saturated heterocycles. The van der Waals surface area contributed by atoms with Gasteiger partial charge in [-0.2, -0.15) is 0 Å². The van der Waals surface area contributed by atoms with Gasteiger partial charge in [0.1, 0.15) is 0 Å². The van der Waals surface area contributed by atoms with Crippen LogP contribution in [0, 0.1) is 13.8 Å². The minimum atomic E-state index is -0.0792. The minimum absolute atomic E-state index is 0.0216. The van der Waals surface area contributed by atoms with E-state index in [0.29, 0.717) is 5.56 Å². The zero-order valence-electron chi connectivity index (χ0n) is 9.77. The van der Waals surface area contributed by atoms with Crippen molar-refractivity contribution >= 4 is 17.1 Å². The second kappa shape index (κ2) is 4.67. The van der Waals surface area contributed by atoms with Crippen LogP contribution in [-0.2, 0) is 6.54 Å². The van der Waals surface area contributed by atoms with Crippen molar-refractivity contribution in [3.63, 3.8) is 0 Å². The van der Waals surface area contributed by atoms with Crippen LogP contribution in [0.1, 0.15) is 21.6 Å². The van der Waals surface area contributed by atoms with Crippen LogP contribution in [0.25, 0.3) is 0 Å². The van der Waals surface area contributed by atoms with Gasteiger partial charge in [0.05, 0.1) is 6.54 Å². The van der Waals surface area contributed by atoms with E-state index in [0.717, 1.165) is 22.6 Å². The molecule has 0 radical (unpaired) electrons. The van der Waals surface area contributed by atoms with E-state index in [-0.39, 0.29) is 17.2 Å². The van der Waals surface area contributed by atoms with Crippen molar-refractivity contribution in [3.05, 3.63) is 56.1 Å². The number of ketones is 1.